The van der Waals surface area contributed by atoms with Crippen molar-refractivity contribution in [3.63, 3.8) is 0 Å². The molecule has 1 amide bonds. The molecule has 2 aliphatic rings. The first kappa shape index (κ1) is 20.3. The lowest BCUT2D eigenvalue weighted by atomic mass is 9.87. The highest BCUT2D eigenvalue weighted by atomic mass is 19.4. The summed E-state index contributed by atoms with van der Waals surface area (Å²) < 4.78 is 50.8. The number of alkyl halides is 3. The van der Waals surface area contributed by atoms with Crippen molar-refractivity contribution in [1.82, 2.24) is 9.88 Å². The molecule has 1 saturated carbocycles. The Balaban J connectivity index is 1.57. The number of rotatable bonds is 4. The Bertz CT molecular complexity index is 1010. The van der Waals surface area contributed by atoms with Gasteiger partial charge in [-0.2, -0.15) is 13.2 Å². The molecule has 9 heteroatoms. The Kier molecular flexibility index (Phi) is 5.21. The molecule has 1 aliphatic carbocycles. The van der Waals surface area contributed by atoms with Gasteiger partial charge < -0.3 is 19.4 Å². The van der Waals surface area contributed by atoms with Crippen LogP contribution < -0.4 is 20.3 Å². The monoisotopic (exact) mass is 422 g/mol. The fraction of sp³-hybridized carbons (Fsp3) is 0.429. The lowest BCUT2D eigenvalue weighted by molar-refractivity contribution is -0.138. The second-order valence-corrected chi connectivity index (χ2v) is 7.58. The van der Waals surface area contributed by atoms with E-state index in [4.69, 9.17) is 9.47 Å². The lowest BCUT2D eigenvalue weighted by Gasteiger charge is -2.32. The molecule has 0 atom stereocenters. The number of hydrogen-bond acceptors (Lipinski definition) is 4. The molecule has 0 radical (unpaired) electrons. The minimum absolute atomic E-state index is 0.439. The molecule has 1 N–H and O–H groups in total. The highest BCUT2D eigenvalue weighted by Crippen LogP contribution is 2.42. The number of ether oxygens (including phenoxy) is 2. The largest absolute Gasteiger partial charge is 0.486 e. The van der Waals surface area contributed by atoms with Crippen molar-refractivity contribution in [3.05, 3.63) is 58.0 Å². The van der Waals surface area contributed by atoms with Crippen LogP contribution in [0.1, 0.15) is 36.8 Å². The van der Waals surface area contributed by atoms with Crippen molar-refractivity contribution < 1.29 is 27.4 Å². The van der Waals surface area contributed by atoms with E-state index in [1.807, 2.05) is 12.1 Å². The van der Waals surface area contributed by atoms with Gasteiger partial charge in [-0.25, -0.2) is 0 Å². The number of aromatic nitrogens is 1. The van der Waals surface area contributed by atoms with E-state index in [9.17, 15) is 22.8 Å². The van der Waals surface area contributed by atoms with Crippen LogP contribution in [-0.4, -0.2) is 23.7 Å². The molecule has 160 valence electrons. The summed E-state index contributed by atoms with van der Waals surface area (Å²) in [5.74, 6) is 0.724. The maximum absolute atomic E-state index is 12.9. The molecule has 30 heavy (non-hydrogen) atoms. The van der Waals surface area contributed by atoms with Crippen molar-refractivity contribution >= 4 is 5.91 Å². The van der Waals surface area contributed by atoms with Crippen LogP contribution in [0.25, 0.3) is 0 Å². The minimum Gasteiger partial charge on any atom is -0.486 e. The van der Waals surface area contributed by atoms with Gasteiger partial charge in [-0.05, 0) is 36.6 Å². The van der Waals surface area contributed by atoms with E-state index < -0.39 is 35.3 Å². The fourth-order valence-electron chi connectivity index (χ4n) is 4.09. The second kappa shape index (κ2) is 7.70. The van der Waals surface area contributed by atoms with Gasteiger partial charge >= 0.3 is 6.18 Å². The van der Waals surface area contributed by atoms with Crippen LogP contribution in [0.3, 0.4) is 0 Å². The molecule has 0 unspecified atom stereocenters. The van der Waals surface area contributed by atoms with Crippen LogP contribution in [0.5, 0.6) is 11.5 Å². The van der Waals surface area contributed by atoms with Crippen LogP contribution in [0.4, 0.5) is 13.2 Å². The second-order valence-electron chi connectivity index (χ2n) is 7.58. The van der Waals surface area contributed by atoms with Crippen LogP contribution in [-0.2, 0) is 23.1 Å². The molecule has 1 aliphatic heterocycles. The van der Waals surface area contributed by atoms with Gasteiger partial charge in [0.15, 0.2) is 11.5 Å². The number of amides is 1. The van der Waals surface area contributed by atoms with Crippen molar-refractivity contribution in [2.45, 2.75) is 43.9 Å². The summed E-state index contributed by atoms with van der Waals surface area (Å²) in [6, 6.07) is 7.05. The standard InChI is InChI=1S/C21H21F3N2O4/c22-21(23,24)15-4-6-19(28)26(12-15)13-18(27)25-20(7-1-2-8-20)14-3-5-16-17(11-14)30-10-9-29-16/h3-6,11-12H,1-2,7-10,13H2,(H,25,27). The van der Waals surface area contributed by atoms with Gasteiger partial charge in [0.05, 0.1) is 11.1 Å². The van der Waals surface area contributed by atoms with Crippen molar-refractivity contribution in [1.29, 1.82) is 0 Å². The van der Waals surface area contributed by atoms with E-state index in [2.05, 4.69) is 5.32 Å². The quantitative estimate of drug-likeness (QED) is 0.822. The Labute approximate surface area is 170 Å². The van der Waals surface area contributed by atoms with E-state index in [0.29, 0.717) is 49.8 Å². The van der Waals surface area contributed by atoms with E-state index in [0.717, 1.165) is 29.0 Å². The zero-order chi connectivity index (χ0) is 21.4. The molecule has 1 aromatic carbocycles. The third kappa shape index (κ3) is 4.01. The summed E-state index contributed by atoms with van der Waals surface area (Å²) in [5, 5.41) is 2.97. The molecule has 1 fully saturated rings. The number of halogens is 3. The molecular weight excluding hydrogens is 401 g/mol. The molecular formula is C21H21F3N2O4. The summed E-state index contributed by atoms with van der Waals surface area (Å²) in [6.45, 7) is 0.420. The normalized spacial score (nSPS) is 17.6. The van der Waals surface area contributed by atoms with Gasteiger partial charge in [0, 0.05) is 12.3 Å². The van der Waals surface area contributed by atoms with Gasteiger partial charge in [-0.3, -0.25) is 9.59 Å². The maximum atomic E-state index is 12.9. The Hall–Kier alpha value is -2.97. The first-order chi connectivity index (χ1) is 14.3. The first-order valence-corrected chi connectivity index (χ1v) is 9.76. The number of carbonyl (C=O) groups is 1. The average Bonchev–Trinajstić information content (AvgIpc) is 3.18. The van der Waals surface area contributed by atoms with Gasteiger partial charge in [0.2, 0.25) is 5.91 Å². The predicted molar refractivity (Wildman–Crippen MR) is 101 cm³/mol. The first-order valence-electron chi connectivity index (χ1n) is 9.76. The third-order valence-electron chi connectivity index (χ3n) is 5.56. The zero-order valence-corrected chi connectivity index (χ0v) is 16.1. The third-order valence-corrected chi connectivity index (χ3v) is 5.56. The Morgan fingerprint density at radius 3 is 2.47 bits per heavy atom. The van der Waals surface area contributed by atoms with Crippen LogP contribution in [0.2, 0.25) is 0 Å². The molecule has 1 aromatic heterocycles. The number of carbonyl (C=O) groups excluding carboxylic acids is 1. The predicted octanol–water partition coefficient (Wildman–Crippen LogP) is 3.22. The summed E-state index contributed by atoms with van der Waals surface area (Å²) in [6.07, 6.45) is -0.737. The molecule has 0 spiro atoms. The van der Waals surface area contributed by atoms with Crippen LogP contribution in [0, 0.1) is 0 Å². The number of benzene rings is 1. The van der Waals surface area contributed by atoms with E-state index in [1.165, 1.54) is 0 Å². The Morgan fingerprint density at radius 1 is 1.07 bits per heavy atom. The minimum atomic E-state index is -4.59. The smallest absolute Gasteiger partial charge is 0.417 e. The SMILES string of the molecule is O=C(Cn1cc(C(F)(F)F)ccc1=O)NC1(c2ccc3c(c2)OCCO3)CCCC1. The fourth-order valence-corrected chi connectivity index (χ4v) is 4.09. The van der Waals surface area contributed by atoms with Crippen LogP contribution >= 0.6 is 0 Å². The highest BCUT2D eigenvalue weighted by molar-refractivity contribution is 5.77. The van der Waals surface area contributed by atoms with E-state index in [-0.39, 0.29) is 0 Å². The molecule has 6 nitrogen and oxygen atoms in total. The van der Waals surface area contributed by atoms with Crippen LogP contribution in [0.15, 0.2) is 41.3 Å². The zero-order valence-electron chi connectivity index (χ0n) is 16.1. The summed E-state index contributed by atoms with van der Waals surface area (Å²) in [7, 11) is 0. The molecule has 2 aromatic rings. The molecule has 2 heterocycles. The lowest BCUT2D eigenvalue weighted by Crippen LogP contribution is -2.46. The summed E-state index contributed by atoms with van der Waals surface area (Å²) >= 11 is 0. The van der Waals surface area contributed by atoms with Crippen molar-refractivity contribution in [3.8, 4) is 11.5 Å². The number of nitrogens with zero attached hydrogens (tertiary/aromatic N) is 1. The average molecular weight is 422 g/mol. The van der Waals surface area contributed by atoms with Gasteiger partial charge in [0.1, 0.15) is 19.8 Å². The van der Waals surface area contributed by atoms with Gasteiger partial charge in [0.25, 0.3) is 5.56 Å². The van der Waals surface area contributed by atoms with Gasteiger partial charge in [-0.15, -0.1) is 0 Å². The summed E-state index contributed by atoms with van der Waals surface area (Å²) in [5.41, 5.74) is -1.44. The number of hydrogen-bond donors (Lipinski definition) is 1. The highest BCUT2D eigenvalue weighted by Gasteiger charge is 2.38. The number of nitrogens with one attached hydrogen (secondary N) is 1. The Morgan fingerprint density at radius 2 is 1.77 bits per heavy atom. The van der Waals surface area contributed by atoms with Crippen molar-refractivity contribution in [2.75, 3.05) is 13.2 Å². The number of pyridine rings is 1. The van der Waals surface area contributed by atoms with E-state index in [1.54, 1.807) is 6.07 Å². The topological polar surface area (TPSA) is 69.6 Å². The maximum Gasteiger partial charge on any atom is 0.417 e. The summed E-state index contributed by atoms with van der Waals surface area (Å²) in [4.78, 5) is 24.7. The molecule has 4 rings (SSSR count). The van der Waals surface area contributed by atoms with Gasteiger partial charge in [-0.1, -0.05) is 18.9 Å². The van der Waals surface area contributed by atoms with E-state index >= 15 is 0 Å². The molecule has 0 bridgehead atoms. The number of fused-ring (bicyclic) bond motifs is 1. The van der Waals surface area contributed by atoms with Crippen molar-refractivity contribution in [2.24, 2.45) is 0 Å². The molecule has 0 saturated heterocycles.